The molecule has 0 aromatic carbocycles. The fourth-order valence-corrected chi connectivity index (χ4v) is 1.74. The molecule has 0 amide bonds. The molecule has 0 saturated heterocycles. The van der Waals surface area contributed by atoms with E-state index in [1.807, 2.05) is 13.8 Å². The highest BCUT2D eigenvalue weighted by Gasteiger charge is 2.16. The number of unbranched alkanes of at least 4 members (excludes halogenated alkanes) is 1. The van der Waals surface area contributed by atoms with Crippen LogP contribution in [0.2, 0.25) is 0 Å². The van der Waals surface area contributed by atoms with Crippen LogP contribution in [0.5, 0.6) is 0 Å². The first kappa shape index (κ1) is 16.9. The van der Waals surface area contributed by atoms with Crippen LogP contribution in [-0.4, -0.2) is 48.0 Å². The van der Waals surface area contributed by atoms with Crippen molar-refractivity contribution >= 4 is 0 Å². The van der Waals surface area contributed by atoms with Crippen molar-refractivity contribution in [3.63, 3.8) is 0 Å². The lowest BCUT2D eigenvalue weighted by atomic mass is 10.1. The zero-order chi connectivity index (χ0) is 13.3. The van der Waals surface area contributed by atoms with E-state index >= 15 is 0 Å². The van der Waals surface area contributed by atoms with Crippen LogP contribution in [0.3, 0.4) is 0 Å². The molecule has 0 rings (SSSR count). The fraction of sp³-hybridized carbons (Fsp3) is 1.00. The van der Waals surface area contributed by atoms with Crippen LogP contribution in [-0.2, 0) is 4.74 Å². The number of rotatable bonds is 10. The summed E-state index contributed by atoms with van der Waals surface area (Å²) in [4.78, 5) is 2.37. The van der Waals surface area contributed by atoms with E-state index in [1.54, 1.807) is 0 Å². The zero-order valence-electron chi connectivity index (χ0n) is 12.3. The third-order valence-electron chi connectivity index (χ3n) is 3.08. The summed E-state index contributed by atoms with van der Waals surface area (Å²) < 4.78 is 5.45. The third kappa shape index (κ3) is 8.58. The molecule has 1 N–H and O–H groups in total. The van der Waals surface area contributed by atoms with Crippen LogP contribution >= 0.6 is 0 Å². The van der Waals surface area contributed by atoms with Gasteiger partial charge in [-0.05, 0) is 40.2 Å². The maximum atomic E-state index is 9.95. The Balaban J connectivity index is 4.03. The van der Waals surface area contributed by atoms with Gasteiger partial charge in [0.15, 0.2) is 0 Å². The summed E-state index contributed by atoms with van der Waals surface area (Å²) in [6, 6.07) is 0.537. The van der Waals surface area contributed by atoms with Crippen molar-refractivity contribution in [2.45, 2.75) is 72.1 Å². The maximum Gasteiger partial charge on any atom is 0.0900 e. The molecular weight excluding hydrogens is 214 g/mol. The Kier molecular flexibility index (Phi) is 9.79. The highest BCUT2D eigenvalue weighted by atomic mass is 16.5. The minimum Gasteiger partial charge on any atom is -0.389 e. The molecule has 0 aromatic rings. The minimum atomic E-state index is -0.372. The Labute approximate surface area is 107 Å². The molecule has 0 bridgehead atoms. The van der Waals surface area contributed by atoms with Gasteiger partial charge in [-0.2, -0.15) is 0 Å². The largest absolute Gasteiger partial charge is 0.389 e. The summed E-state index contributed by atoms with van der Waals surface area (Å²) in [6.45, 7) is 12.9. The number of aliphatic hydroxyl groups is 1. The first-order valence-electron chi connectivity index (χ1n) is 7.04. The predicted octanol–water partition coefficient (Wildman–Crippen LogP) is 2.67. The molecule has 0 fully saturated rings. The molecule has 0 aliphatic heterocycles. The van der Waals surface area contributed by atoms with Crippen LogP contribution in [0, 0.1) is 0 Å². The number of hydrogen-bond donors (Lipinski definition) is 1. The van der Waals surface area contributed by atoms with E-state index in [4.69, 9.17) is 4.74 Å². The second-order valence-corrected chi connectivity index (χ2v) is 5.14. The van der Waals surface area contributed by atoms with Gasteiger partial charge >= 0.3 is 0 Å². The number of aliphatic hydroxyl groups excluding tert-OH is 1. The number of hydrogen-bond acceptors (Lipinski definition) is 3. The van der Waals surface area contributed by atoms with Crippen LogP contribution in [0.15, 0.2) is 0 Å². The van der Waals surface area contributed by atoms with Crippen molar-refractivity contribution in [1.82, 2.24) is 4.90 Å². The molecule has 2 atom stereocenters. The first-order chi connectivity index (χ1) is 8.01. The highest BCUT2D eigenvalue weighted by Crippen LogP contribution is 2.07. The summed E-state index contributed by atoms with van der Waals surface area (Å²) in [6.07, 6.45) is 3.34. The van der Waals surface area contributed by atoms with Crippen molar-refractivity contribution in [2.24, 2.45) is 0 Å². The lowest BCUT2D eigenvalue weighted by molar-refractivity contribution is -0.0136. The molecule has 3 heteroatoms. The lowest BCUT2D eigenvalue weighted by Gasteiger charge is -2.30. The van der Waals surface area contributed by atoms with Gasteiger partial charge < -0.3 is 9.84 Å². The molecule has 0 aromatic heterocycles. The summed E-state index contributed by atoms with van der Waals surface area (Å²) in [5.74, 6) is 0. The quantitative estimate of drug-likeness (QED) is 0.642. The lowest BCUT2D eigenvalue weighted by Crippen LogP contribution is -2.41. The first-order valence-corrected chi connectivity index (χ1v) is 7.04. The van der Waals surface area contributed by atoms with Gasteiger partial charge in [-0.25, -0.2) is 0 Å². The second kappa shape index (κ2) is 9.86. The van der Waals surface area contributed by atoms with Crippen molar-refractivity contribution in [1.29, 1.82) is 0 Å². The summed E-state index contributed by atoms with van der Waals surface area (Å²) in [5, 5.41) is 9.95. The van der Waals surface area contributed by atoms with Gasteiger partial charge in [0.2, 0.25) is 0 Å². The normalized spacial score (nSPS) is 15.5. The molecule has 0 aliphatic rings. The van der Waals surface area contributed by atoms with Crippen LogP contribution in [0.1, 0.15) is 53.9 Å². The number of nitrogens with zero attached hydrogens (tertiary/aromatic N) is 1. The van der Waals surface area contributed by atoms with Crippen molar-refractivity contribution in [3.05, 3.63) is 0 Å². The van der Waals surface area contributed by atoms with E-state index in [0.29, 0.717) is 12.6 Å². The number of ether oxygens (including phenoxy) is 1. The topological polar surface area (TPSA) is 32.7 Å². The highest BCUT2D eigenvalue weighted by molar-refractivity contribution is 4.70. The van der Waals surface area contributed by atoms with Crippen molar-refractivity contribution in [3.8, 4) is 0 Å². The van der Waals surface area contributed by atoms with E-state index < -0.39 is 0 Å². The van der Waals surface area contributed by atoms with Gasteiger partial charge in [-0.3, -0.25) is 4.90 Å². The molecule has 17 heavy (non-hydrogen) atoms. The summed E-state index contributed by atoms with van der Waals surface area (Å²) in [5.41, 5.74) is 0. The smallest absolute Gasteiger partial charge is 0.0900 e. The Morgan fingerprint density at radius 1 is 1.18 bits per heavy atom. The molecule has 0 aliphatic carbocycles. The predicted molar refractivity (Wildman–Crippen MR) is 73.3 cm³/mol. The van der Waals surface area contributed by atoms with E-state index in [1.165, 1.54) is 12.8 Å². The van der Waals surface area contributed by atoms with Gasteiger partial charge in [-0.15, -0.1) is 0 Å². The Morgan fingerprint density at radius 3 is 2.29 bits per heavy atom. The SMILES string of the molecule is CCCCN(C[C@@H](O)COC(C)C)[C@@H](C)CC. The molecule has 0 saturated carbocycles. The van der Waals surface area contributed by atoms with E-state index in [2.05, 4.69) is 25.7 Å². The molecule has 0 radical (unpaired) electrons. The fourth-order valence-electron chi connectivity index (χ4n) is 1.74. The van der Waals surface area contributed by atoms with Crippen molar-refractivity contribution in [2.75, 3.05) is 19.7 Å². The molecule has 0 spiro atoms. The summed E-state index contributed by atoms with van der Waals surface area (Å²) in [7, 11) is 0. The third-order valence-corrected chi connectivity index (χ3v) is 3.08. The molecule has 0 unspecified atom stereocenters. The molecule has 3 nitrogen and oxygen atoms in total. The van der Waals surface area contributed by atoms with E-state index in [-0.39, 0.29) is 12.2 Å². The summed E-state index contributed by atoms with van der Waals surface area (Å²) >= 11 is 0. The van der Waals surface area contributed by atoms with Gasteiger partial charge in [0, 0.05) is 12.6 Å². The van der Waals surface area contributed by atoms with Gasteiger partial charge in [0.1, 0.15) is 0 Å². The maximum absolute atomic E-state index is 9.95. The van der Waals surface area contributed by atoms with Crippen LogP contribution in [0.4, 0.5) is 0 Å². The van der Waals surface area contributed by atoms with Crippen molar-refractivity contribution < 1.29 is 9.84 Å². The molecule has 104 valence electrons. The van der Waals surface area contributed by atoms with E-state index in [9.17, 15) is 5.11 Å². The average molecular weight is 245 g/mol. The average Bonchev–Trinajstić information content (AvgIpc) is 2.30. The van der Waals surface area contributed by atoms with Crippen LogP contribution in [0.25, 0.3) is 0 Å². The van der Waals surface area contributed by atoms with Crippen LogP contribution < -0.4 is 0 Å². The molecular formula is C14H31NO2. The van der Waals surface area contributed by atoms with Gasteiger partial charge in [0.25, 0.3) is 0 Å². The second-order valence-electron chi connectivity index (χ2n) is 5.14. The Bertz CT molecular complexity index is 174. The standard InChI is InChI=1S/C14H31NO2/c1-6-8-9-15(13(5)7-2)10-14(16)11-17-12(3)4/h12-14,16H,6-11H2,1-5H3/t13-,14+/m0/s1. The van der Waals surface area contributed by atoms with Gasteiger partial charge in [0.05, 0.1) is 18.8 Å². The zero-order valence-corrected chi connectivity index (χ0v) is 12.3. The Hall–Kier alpha value is -0.120. The monoisotopic (exact) mass is 245 g/mol. The minimum absolute atomic E-state index is 0.192. The van der Waals surface area contributed by atoms with E-state index in [0.717, 1.165) is 19.5 Å². The van der Waals surface area contributed by atoms with Gasteiger partial charge in [-0.1, -0.05) is 20.3 Å². The Morgan fingerprint density at radius 2 is 1.82 bits per heavy atom. The molecule has 0 heterocycles.